The number of guanidine groups is 1. The first-order chi connectivity index (χ1) is 9.26. The van der Waals surface area contributed by atoms with Crippen molar-refractivity contribution in [3.63, 3.8) is 0 Å². The van der Waals surface area contributed by atoms with Crippen LogP contribution in [0.4, 0.5) is 0 Å². The number of nitrogens with one attached hydrogen (secondary N) is 2. The average molecular weight is 278 g/mol. The molecule has 0 saturated heterocycles. The molecule has 2 aliphatic carbocycles. The van der Waals surface area contributed by atoms with Crippen LogP contribution in [0.3, 0.4) is 0 Å². The van der Waals surface area contributed by atoms with Crippen molar-refractivity contribution in [3.05, 3.63) is 34.9 Å². The van der Waals surface area contributed by atoms with E-state index in [-0.39, 0.29) is 0 Å². The fourth-order valence-electron chi connectivity index (χ4n) is 2.39. The highest BCUT2D eigenvalue weighted by atomic mass is 35.5. The fraction of sp³-hybridized carbons (Fsp3) is 0.533. The van der Waals surface area contributed by atoms with Gasteiger partial charge in [0.1, 0.15) is 0 Å². The van der Waals surface area contributed by atoms with Crippen LogP contribution in [-0.4, -0.2) is 25.6 Å². The van der Waals surface area contributed by atoms with Crippen LogP contribution in [0.25, 0.3) is 0 Å². The van der Waals surface area contributed by atoms with Crippen molar-refractivity contribution in [1.29, 1.82) is 0 Å². The van der Waals surface area contributed by atoms with Crippen molar-refractivity contribution in [2.75, 3.05) is 13.6 Å². The van der Waals surface area contributed by atoms with Gasteiger partial charge in [0.25, 0.3) is 0 Å². The Balaban J connectivity index is 1.51. The highest BCUT2D eigenvalue weighted by Gasteiger charge is 2.39. The van der Waals surface area contributed by atoms with Gasteiger partial charge < -0.3 is 10.6 Å². The molecule has 2 atom stereocenters. The lowest BCUT2D eigenvalue weighted by atomic mass is 10.1. The van der Waals surface area contributed by atoms with Gasteiger partial charge in [-0.15, -0.1) is 0 Å². The van der Waals surface area contributed by atoms with Gasteiger partial charge in [-0.05, 0) is 42.9 Å². The van der Waals surface area contributed by atoms with Crippen molar-refractivity contribution >= 4 is 17.6 Å². The lowest BCUT2D eigenvalue weighted by Crippen LogP contribution is -2.39. The van der Waals surface area contributed by atoms with Crippen LogP contribution in [-0.2, 0) is 0 Å². The zero-order valence-electron chi connectivity index (χ0n) is 11.2. The van der Waals surface area contributed by atoms with E-state index in [0.29, 0.717) is 12.0 Å². The van der Waals surface area contributed by atoms with Gasteiger partial charge in [-0.3, -0.25) is 4.99 Å². The minimum atomic E-state index is 0.490. The van der Waals surface area contributed by atoms with Gasteiger partial charge in [0.2, 0.25) is 0 Å². The van der Waals surface area contributed by atoms with Gasteiger partial charge in [0, 0.05) is 30.6 Å². The van der Waals surface area contributed by atoms with Gasteiger partial charge in [-0.25, -0.2) is 0 Å². The van der Waals surface area contributed by atoms with Crippen LogP contribution in [0.15, 0.2) is 29.3 Å². The number of benzene rings is 1. The zero-order valence-corrected chi connectivity index (χ0v) is 12.0. The van der Waals surface area contributed by atoms with Crippen LogP contribution in [0.1, 0.15) is 30.7 Å². The van der Waals surface area contributed by atoms with Gasteiger partial charge in [-0.1, -0.05) is 23.7 Å². The molecule has 0 aromatic heterocycles. The summed E-state index contributed by atoms with van der Waals surface area (Å²) in [4.78, 5) is 4.28. The second kappa shape index (κ2) is 5.41. The third-order valence-corrected chi connectivity index (χ3v) is 4.10. The van der Waals surface area contributed by atoms with Gasteiger partial charge in [0.05, 0.1) is 0 Å². The number of aliphatic imine (C=N–C) groups is 1. The molecule has 0 radical (unpaired) electrons. The molecular formula is C15H20ClN3. The summed E-state index contributed by atoms with van der Waals surface area (Å²) in [5.41, 5.74) is 1.32. The molecule has 0 amide bonds. The van der Waals surface area contributed by atoms with E-state index in [2.05, 4.69) is 27.8 Å². The molecule has 0 spiro atoms. The normalized spacial score (nSPS) is 26.1. The van der Waals surface area contributed by atoms with E-state index in [0.717, 1.165) is 29.9 Å². The maximum atomic E-state index is 6.03. The minimum absolute atomic E-state index is 0.490. The number of hydrogen-bond donors (Lipinski definition) is 2. The first-order valence-corrected chi connectivity index (χ1v) is 7.36. The van der Waals surface area contributed by atoms with E-state index in [9.17, 15) is 0 Å². The molecule has 2 fully saturated rings. The SMILES string of the molecule is CN=C(NCC1CC1)NC1CC1c1cccc(Cl)c1. The number of hydrogen-bond acceptors (Lipinski definition) is 1. The Hall–Kier alpha value is -1.22. The molecule has 2 saturated carbocycles. The Morgan fingerprint density at radius 3 is 2.95 bits per heavy atom. The predicted molar refractivity (Wildman–Crippen MR) is 79.8 cm³/mol. The third-order valence-electron chi connectivity index (χ3n) is 3.87. The summed E-state index contributed by atoms with van der Waals surface area (Å²) in [7, 11) is 1.83. The summed E-state index contributed by atoms with van der Waals surface area (Å²) < 4.78 is 0. The van der Waals surface area contributed by atoms with E-state index in [1.54, 1.807) is 0 Å². The molecule has 3 nitrogen and oxygen atoms in total. The first kappa shape index (κ1) is 12.8. The monoisotopic (exact) mass is 277 g/mol. The molecule has 102 valence electrons. The van der Waals surface area contributed by atoms with E-state index in [4.69, 9.17) is 11.6 Å². The maximum absolute atomic E-state index is 6.03. The van der Waals surface area contributed by atoms with Gasteiger partial charge >= 0.3 is 0 Å². The molecule has 2 unspecified atom stereocenters. The summed E-state index contributed by atoms with van der Waals surface area (Å²) in [5.74, 6) is 2.36. The molecular weight excluding hydrogens is 258 g/mol. The number of nitrogens with zero attached hydrogens (tertiary/aromatic N) is 1. The van der Waals surface area contributed by atoms with E-state index in [1.165, 1.54) is 18.4 Å². The van der Waals surface area contributed by atoms with E-state index < -0.39 is 0 Å². The Labute approximate surface area is 119 Å². The van der Waals surface area contributed by atoms with Crippen molar-refractivity contribution in [2.24, 2.45) is 10.9 Å². The predicted octanol–water partition coefficient (Wildman–Crippen LogP) is 2.77. The van der Waals surface area contributed by atoms with Crippen molar-refractivity contribution in [1.82, 2.24) is 10.6 Å². The molecule has 0 bridgehead atoms. The standard InChI is InChI=1S/C15H20ClN3/c1-17-15(18-9-10-5-6-10)19-14-8-13(14)11-3-2-4-12(16)7-11/h2-4,7,10,13-14H,5-6,8-9H2,1H3,(H2,17,18,19). The molecule has 0 aliphatic heterocycles. The maximum Gasteiger partial charge on any atom is 0.191 e. The highest BCUT2D eigenvalue weighted by Crippen LogP contribution is 2.41. The summed E-state index contributed by atoms with van der Waals surface area (Å²) >= 11 is 6.03. The van der Waals surface area contributed by atoms with Crippen LogP contribution in [0.2, 0.25) is 5.02 Å². The topological polar surface area (TPSA) is 36.4 Å². The molecule has 3 rings (SSSR count). The summed E-state index contributed by atoms with van der Waals surface area (Å²) in [5, 5.41) is 7.71. The zero-order chi connectivity index (χ0) is 13.2. The van der Waals surface area contributed by atoms with Crippen molar-refractivity contribution in [3.8, 4) is 0 Å². The largest absolute Gasteiger partial charge is 0.356 e. The van der Waals surface area contributed by atoms with E-state index in [1.807, 2.05) is 19.2 Å². The summed E-state index contributed by atoms with van der Waals surface area (Å²) in [6, 6.07) is 8.65. The van der Waals surface area contributed by atoms with Gasteiger partial charge in [0.15, 0.2) is 5.96 Å². The second-order valence-electron chi connectivity index (χ2n) is 5.54. The highest BCUT2D eigenvalue weighted by molar-refractivity contribution is 6.30. The molecule has 1 aromatic carbocycles. The molecule has 2 aliphatic rings. The number of rotatable bonds is 4. The molecule has 0 heterocycles. The molecule has 1 aromatic rings. The fourth-order valence-corrected chi connectivity index (χ4v) is 2.59. The smallest absolute Gasteiger partial charge is 0.191 e. The Kier molecular flexibility index (Phi) is 3.65. The number of halogens is 1. The lowest BCUT2D eigenvalue weighted by Gasteiger charge is -2.11. The lowest BCUT2D eigenvalue weighted by molar-refractivity contribution is 0.731. The van der Waals surface area contributed by atoms with Crippen LogP contribution in [0, 0.1) is 5.92 Å². The quantitative estimate of drug-likeness (QED) is 0.656. The third kappa shape index (κ3) is 3.41. The molecule has 19 heavy (non-hydrogen) atoms. The summed E-state index contributed by atoms with van der Waals surface area (Å²) in [6.45, 7) is 1.05. The minimum Gasteiger partial charge on any atom is -0.356 e. The first-order valence-electron chi connectivity index (χ1n) is 6.99. The Morgan fingerprint density at radius 2 is 2.26 bits per heavy atom. The van der Waals surface area contributed by atoms with Gasteiger partial charge in [-0.2, -0.15) is 0 Å². The van der Waals surface area contributed by atoms with Crippen molar-refractivity contribution < 1.29 is 0 Å². The van der Waals surface area contributed by atoms with Crippen LogP contribution in [0.5, 0.6) is 0 Å². The molecule has 4 heteroatoms. The molecule has 2 N–H and O–H groups in total. The van der Waals surface area contributed by atoms with E-state index >= 15 is 0 Å². The Bertz CT molecular complexity index is 482. The van der Waals surface area contributed by atoms with Crippen molar-refractivity contribution in [2.45, 2.75) is 31.2 Å². The second-order valence-corrected chi connectivity index (χ2v) is 5.98. The van der Waals surface area contributed by atoms with Crippen LogP contribution >= 0.6 is 11.6 Å². The summed E-state index contributed by atoms with van der Waals surface area (Å²) in [6.07, 6.45) is 3.88. The van der Waals surface area contributed by atoms with Crippen LogP contribution < -0.4 is 10.6 Å². The average Bonchev–Trinajstić information content (AvgIpc) is 3.29. The Morgan fingerprint density at radius 1 is 1.42 bits per heavy atom.